The van der Waals surface area contributed by atoms with E-state index >= 15 is 0 Å². The lowest BCUT2D eigenvalue weighted by Crippen LogP contribution is -2.44. The summed E-state index contributed by atoms with van der Waals surface area (Å²) in [7, 11) is 0. The molecule has 0 bridgehead atoms. The highest BCUT2D eigenvalue weighted by molar-refractivity contribution is 7.14. The summed E-state index contributed by atoms with van der Waals surface area (Å²) >= 11 is 1.45. The van der Waals surface area contributed by atoms with E-state index in [9.17, 15) is 9.59 Å². The standard InChI is InChI=1S/C23H32N4O2S/c1-15(2)22(29)24-11-18-6-5-9-27(12-18)13-21(28)26-23-25-20(14-30-23)19-8-7-16(3)17(4)10-19/h7-8,10,14-15,18H,5-6,9,11-13H2,1-4H3,(H,24,29)(H,25,26,28). The van der Waals surface area contributed by atoms with E-state index in [4.69, 9.17) is 0 Å². The molecular weight excluding hydrogens is 396 g/mol. The van der Waals surface area contributed by atoms with Crippen molar-refractivity contribution in [1.82, 2.24) is 15.2 Å². The summed E-state index contributed by atoms with van der Waals surface area (Å²) in [6.07, 6.45) is 2.13. The van der Waals surface area contributed by atoms with Crippen molar-refractivity contribution in [1.29, 1.82) is 0 Å². The largest absolute Gasteiger partial charge is 0.356 e. The van der Waals surface area contributed by atoms with Crippen LogP contribution in [0.25, 0.3) is 11.3 Å². The van der Waals surface area contributed by atoms with Crippen LogP contribution in [-0.4, -0.2) is 47.9 Å². The van der Waals surface area contributed by atoms with Crippen molar-refractivity contribution in [2.24, 2.45) is 11.8 Å². The Kier molecular flexibility index (Phi) is 7.61. The zero-order chi connectivity index (χ0) is 21.7. The molecule has 1 aliphatic rings. The smallest absolute Gasteiger partial charge is 0.240 e. The monoisotopic (exact) mass is 428 g/mol. The van der Waals surface area contributed by atoms with Crippen LogP contribution in [-0.2, 0) is 9.59 Å². The molecule has 1 saturated heterocycles. The summed E-state index contributed by atoms with van der Waals surface area (Å²) in [6.45, 7) is 10.8. The van der Waals surface area contributed by atoms with E-state index in [1.807, 2.05) is 19.2 Å². The molecule has 0 spiro atoms. The van der Waals surface area contributed by atoms with Crippen LogP contribution in [0.1, 0.15) is 37.8 Å². The van der Waals surface area contributed by atoms with E-state index in [1.165, 1.54) is 22.5 Å². The zero-order valence-electron chi connectivity index (χ0n) is 18.3. The lowest BCUT2D eigenvalue weighted by molar-refractivity contribution is -0.124. The van der Waals surface area contributed by atoms with Crippen molar-refractivity contribution < 1.29 is 9.59 Å². The summed E-state index contributed by atoms with van der Waals surface area (Å²) in [5.41, 5.74) is 4.44. The number of piperidine rings is 1. The zero-order valence-corrected chi connectivity index (χ0v) is 19.1. The second-order valence-corrected chi connectivity index (χ2v) is 9.39. The number of nitrogens with one attached hydrogen (secondary N) is 2. The number of carbonyl (C=O) groups excluding carboxylic acids is 2. The maximum absolute atomic E-state index is 12.5. The van der Waals surface area contributed by atoms with Gasteiger partial charge in [-0.2, -0.15) is 0 Å². The second kappa shape index (κ2) is 10.2. The number of hydrogen-bond donors (Lipinski definition) is 2. The van der Waals surface area contributed by atoms with Gasteiger partial charge in [0.05, 0.1) is 12.2 Å². The van der Waals surface area contributed by atoms with Crippen LogP contribution in [0.15, 0.2) is 23.6 Å². The molecule has 1 unspecified atom stereocenters. The third-order valence-corrected chi connectivity index (χ3v) is 6.37. The molecule has 0 saturated carbocycles. The topological polar surface area (TPSA) is 74.3 Å². The Hall–Kier alpha value is -2.25. The summed E-state index contributed by atoms with van der Waals surface area (Å²) in [4.78, 5) is 31.1. The average molecular weight is 429 g/mol. The van der Waals surface area contributed by atoms with E-state index < -0.39 is 0 Å². The van der Waals surface area contributed by atoms with Crippen LogP contribution in [0.3, 0.4) is 0 Å². The Morgan fingerprint density at radius 2 is 2.07 bits per heavy atom. The Labute approximate surface area is 183 Å². The maximum Gasteiger partial charge on any atom is 0.240 e. The van der Waals surface area contributed by atoms with E-state index in [2.05, 4.69) is 52.6 Å². The average Bonchev–Trinajstić information content (AvgIpc) is 3.16. The lowest BCUT2D eigenvalue weighted by Gasteiger charge is -2.32. The lowest BCUT2D eigenvalue weighted by atomic mass is 9.97. The van der Waals surface area contributed by atoms with Gasteiger partial charge in [-0.25, -0.2) is 4.98 Å². The predicted octanol–water partition coefficient (Wildman–Crippen LogP) is 3.85. The van der Waals surface area contributed by atoms with Gasteiger partial charge in [-0.05, 0) is 56.3 Å². The minimum Gasteiger partial charge on any atom is -0.356 e. The van der Waals surface area contributed by atoms with Crippen LogP contribution < -0.4 is 10.6 Å². The number of aromatic nitrogens is 1. The second-order valence-electron chi connectivity index (χ2n) is 8.53. The van der Waals surface area contributed by atoms with Gasteiger partial charge in [0.2, 0.25) is 11.8 Å². The molecule has 3 rings (SSSR count). The number of nitrogens with zero attached hydrogens (tertiary/aromatic N) is 2. The first-order valence-electron chi connectivity index (χ1n) is 10.6. The number of amides is 2. The molecule has 2 aromatic rings. The molecule has 1 atom stereocenters. The highest BCUT2D eigenvalue weighted by Gasteiger charge is 2.22. The van der Waals surface area contributed by atoms with Gasteiger partial charge in [-0.3, -0.25) is 14.5 Å². The van der Waals surface area contributed by atoms with Crippen molar-refractivity contribution in [3.05, 3.63) is 34.7 Å². The molecule has 1 fully saturated rings. The fraction of sp³-hybridized carbons (Fsp3) is 0.522. The molecule has 1 aliphatic heterocycles. The van der Waals surface area contributed by atoms with Gasteiger partial charge in [0.25, 0.3) is 0 Å². The van der Waals surface area contributed by atoms with E-state index in [0.717, 1.165) is 37.2 Å². The molecule has 30 heavy (non-hydrogen) atoms. The SMILES string of the molecule is Cc1ccc(-c2csc(NC(=O)CN3CCCC(CNC(=O)C(C)C)C3)n2)cc1C. The molecule has 2 amide bonds. The highest BCUT2D eigenvalue weighted by Crippen LogP contribution is 2.26. The van der Waals surface area contributed by atoms with Crippen LogP contribution in [0, 0.1) is 25.7 Å². The minimum absolute atomic E-state index is 0.00230. The first-order chi connectivity index (χ1) is 14.3. The van der Waals surface area contributed by atoms with Crippen LogP contribution in [0.2, 0.25) is 0 Å². The van der Waals surface area contributed by atoms with Gasteiger partial charge in [0.1, 0.15) is 0 Å². The Morgan fingerprint density at radius 3 is 2.80 bits per heavy atom. The third kappa shape index (κ3) is 6.12. The van der Waals surface area contributed by atoms with Gasteiger partial charge >= 0.3 is 0 Å². The fourth-order valence-electron chi connectivity index (χ4n) is 3.64. The molecule has 2 N–H and O–H groups in total. The van der Waals surface area contributed by atoms with Gasteiger partial charge < -0.3 is 10.6 Å². The Morgan fingerprint density at radius 1 is 1.27 bits per heavy atom. The van der Waals surface area contributed by atoms with E-state index in [0.29, 0.717) is 24.1 Å². The quantitative estimate of drug-likeness (QED) is 0.702. The third-order valence-electron chi connectivity index (χ3n) is 5.61. The van der Waals surface area contributed by atoms with Gasteiger partial charge in [-0.1, -0.05) is 26.0 Å². The van der Waals surface area contributed by atoms with Gasteiger partial charge in [0.15, 0.2) is 5.13 Å². The minimum atomic E-state index is -0.0390. The fourth-order valence-corrected chi connectivity index (χ4v) is 4.37. The molecule has 162 valence electrons. The molecule has 7 heteroatoms. The number of hydrogen-bond acceptors (Lipinski definition) is 5. The first kappa shape index (κ1) is 22.4. The summed E-state index contributed by atoms with van der Waals surface area (Å²) in [6, 6.07) is 6.29. The number of rotatable bonds is 7. The van der Waals surface area contributed by atoms with Crippen molar-refractivity contribution in [3.63, 3.8) is 0 Å². The summed E-state index contributed by atoms with van der Waals surface area (Å²) in [5.74, 6) is 0.448. The number of thiazole rings is 1. The molecule has 1 aromatic heterocycles. The van der Waals surface area contributed by atoms with Crippen LogP contribution in [0.5, 0.6) is 0 Å². The first-order valence-corrected chi connectivity index (χ1v) is 11.5. The normalized spacial score (nSPS) is 17.2. The van der Waals surface area contributed by atoms with E-state index in [-0.39, 0.29) is 17.7 Å². The van der Waals surface area contributed by atoms with E-state index in [1.54, 1.807) is 0 Å². The Balaban J connectivity index is 1.50. The number of anilines is 1. The predicted molar refractivity (Wildman–Crippen MR) is 123 cm³/mol. The van der Waals surface area contributed by atoms with Crippen molar-refractivity contribution in [3.8, 4) is 11.3 Å². The molecule has 2 heterocycles. The van der Waals surface area contributed by atoms with Gasteiger partial charge in [0, 0.05) is 30.0 Å². The maximum atomic E-state index is 12.5. The van der Waals surface area contributed by atoms with Crippen molar-refractivity contribution in [2.75, 3.05) is 31.5 Å². The van der Waals surface area contributed by atoms with Gasteiger partial charge in [-0.15, -0.1) is 11.3 Å². The number of likely N-dealkylation sites (tertiary alicyclic amines) is 1. The summed E-state index contributed by atoms with van der Waals surface area (Å²) in [5, 5.41) is 8.57. The number of aryl methyl sites for hydroxylation is 2. The molecule has 0 aliphatic carbocycles. The number of carbonyl (C=O) groups is 2. The van der Waals surface area contributed by atoms with Crippen LogP contribution >= 0.6 is 11.3 Å². The summed E-state index contributed by atoms with van der Waals surface area (Å²) < 4.78 is 0. The molecule has 1 aromatic carbocycles. The Bertz CT molecular complexity index is 893. The number of benzene rings is 1. The van der Waals surface area contributed by atoms with Crippen molar-refractivity contribution in [2.45, 2.75) is 40.5 Å². The molecular formula is C23H32N4O2S. The highest BCUT2D eigenvalue weighted by atomic mass is 32.1. The molecule has 6 nitrogen and oxygen atoms in total. The molecule has 0 radical (unpaired) electrons. The van der Waals surface area contributed by atoms with Crippen molar-refractivity contribution >= 4 is 28.3 Å². The van der Waals surface area contributed by atoms with Crippen LogP contribution in [0.4, 0.5) is 5.13 Å².